The average molecular weight is 414 g/mol. The maximum absolute atomic E-state index is 12.2. The first kappa shape index (κ1) is 20.4. The molecule has 0 atom stereocenters. The second-order valence-electron chi connectivity index (χ2n) is 6.21. The van der Waals surface area contributed by atoms with Crippen molar-refractivity contribution < 1.29 is 4.79 Å². The second kappa shape index (κ2) is 10.3. The van der Waals surface area contributed by atoms with E-state index in [-0.39, 0.29) is 11.7 Å². The number of aromatic nitrogens is 4. The number of aryl methyl sites for hydroxylation is 1. The van der Waals surface area contributed by atoms with Gasteiger partial charge >= 0.3 is 0 Å². The summed E-state index contributed by atoms with van der Waals surface area (Å²) < 4.78 is 1.66. The molecule has 8 heteroatoms. The largest absolute Gasteiger partial charge is 0.325 e. The van der Waals surface area contributed by atoms with Crippen LogP contribution in [0.4, 0.5) is 5.69 Å². The Hall–Kier alpha value is -2.32. The molecule has 0 saturated heterocycles. The molecule has 1 aromatic heterocycles. The van der Waals surface area contributed by atoms with Gasteiger partial charge in [-0.25, -0.2) is 0 Å². The molecule has 0 saturated carbocycles. The predicted octanol–water partition coefficient (Wildman–Crippen LogP) is 4.46. The number of hydrogen-bond acceptors (Lipinski definition) is 6. The number of carbonyl (C=O) groups excluding carboxylic acids is 1. The number of amides is 1. The van der Waals surface area contributed by atoms with Crippen LogP contribution in [0.3, 0.4) is 0 Å². The van der Waals surface area contributed by atoms with E-state index in [1.807, 2.05) is 42.7 Å². The zero-order valence-electron chi connectivity index (χ0n) is 16.0. The molecule has 28 heavy (non-hydrogen) atoms. The lowest BCUT2D eigenvalue weighted by Gasteiger charge is -2.07. The Balaban J connectivity index is 1.58. The summed E-state index contributed by atoms with van der Waals surface area (Å²) in [6, 6.07) is 16.0. The number of nitrogens with zero attached hydrogens (tertiary/aromatic N) is 4. The predicted molar refractivity (Wildman–Crippen MR) is 115 cm³/mol. The summed E-state index contributed by atoms with van der Waals surface area (Å²) in [6.07, 6.45) is 5.46. The van der Waals surface area contributed by atoms with Crippen LogP contribution in [0.25, 0.3) is 5.69 Å². The summed E-state index contributed by atoms with van der Waals surface area (Å²) >= 11 is 2.98. The average Bonchev–Trinajstić information content (AvgIpc) is 3.20. The molecule has 0 aliphatic rings. The van der Waals surface area contributed by atoms with Gasteiger partial charge in [0.15, 0.2) is 0 Å². The standard InChI is InChI=1S/C20H23N5OS2/c1-3-4-5-15-6-10-17(11-7-15)25-20(22-23-24-25)28-14-19(26)21-16-8-12-18(27-2)13-9-16/h6-13H,3-5,14H2,1-2H3,(H,21,26). The van der Waals surface area contributed by atoms with E-state index in [0.717, 1.165) is 22.7 Å². The van der Waals surface area contributed by atoms with E-state index in [1.165, 1.54) is 30.2 Å². The molecule has 0 fully saturated rings. The molecule has 0 spiro atoms. The summed E-state index contributed by atoms with van der Waals surface area (Å²) in [4.78, 5) is 13.4. The zero-order valence-corrected chi connectivity index (χ0v) is 17.6. The number of benzene rings is 2. The third-order valence-electron chi connectivity index (χ3n) is 4.15. The fraction of sp³-hybridized carbons (Fsp3) is 0.300. The van der Waals surface area contributed by atoms with Gasteiger partial charge in [-0.2, -0.15) is 4.68 Å². The van der Waals surface area contributed by atoms with Crippen molar-refractivity contribution in [3.8, 4) is 5.69 Å². The molecular weight excluding hydrogens is 390 g/mol. The van der Waals surface area contributed by atoms with Crippen molar-refractivity contribution in [1.82, 2.24) is 20.2 Å². The highest BCUT2D eigenvalue weighted by atomic mass is 32.2. The van der Waals surface area contributed by atoms with Crippen LogP contribution >= 0.6 is 23.5 Å². The summed E-state index contributed by atoms with van der Waals surface area (Å²) in [5.74, 6) is 0.144. The van der Waals surface area contributed by atoms with Crippen LogP contribution in [0, 0.1) is 0 Å². The number of rotatable bonds is 9. The molecule has 1 N–H and O–H groups in total. The Morgan fingerprint density at radius 2 is 1.86 bits per heavy atom. The van der Waals surface area contributed by atoms with Gasteiger partial charge in [-0.1, -0.05) is 37.2 Å². The van der Waals surface area contributed by atoms with E-state index < -0.39 is 0 Å². The summed E-state index contributed by atoms with van der Waals surface area (Å²) in [7, 11) is 0. The van der Waals surface area contributed by atoms with Gasteiger partial charge in [-0.3, -0.25) is 4.79 Å². The Morgan fingerprint density at radius 1 is 1.11 bits per heavy atom. The van der Waals surface area contributed by atoms with E-state index >= 15 is 0 Å². The van der Waals surface area contributed by atoms with Crippen LogP contribution in [0.1, 0.15) is 25.3 Å². The SMILES string of the molecule is CCCCc1ccc(-n2nnnc2SCC(=O)Nc2ccc(SC)cc2)cc1. The molecule has 1 amide bonds. The molecular formula is C20H23N5OS2. The molecule has 146 valence electrons. The lowest BCUT2D eigenvalue weighted by Crippen LogP contribution is -2.14. The Kier molecular flexibility index (Phi) is 7.50. The highest BCUT2D eigenvalue weighted by molar-refractivity contribution is 7.99. The van der Waals surface area contributed by atoms with Crippen molar-refractivity contribution in [3.63, 3.8) is 0 Å². The molecule has 0 radical (unpaired) electrons. The van der Waals surface area contributed by atoms with Gasteiger partial charge in [0.05, 0.1) is 11.4 Å². The molecule has 0 unspecified atom stereocenters. The molecule has 6 nitrogen and oxygen atoms in total. The molecule has 0 aliphatic heterocycles. The van der Waals surface area contributed by atoms with Crippen molar-refractivity contribution in [3.05, 3.63) is 54.1 Å². The summed E-state index contributed by atoms with van der Waals surface area (Å²) in [6.45, 7) is 2.19. The Morgan fingerprint density at radius 3 is 2.54 bits per heavy atom. The van der Waals surface area contributed by atoms with Gasteiger partial charge in [0.2, 0.25) is 11.1 Å². The van der Waals surface area contributed by atoms with Crippen LogP contribution in [-0.2, 0) is 11.2 Å². The minimum atomic E-state index is -0.0913. The molecule has 0 bridgehead atoms. The van der Waals surface area contributed by atoms with Gasteiger partial charge in [-0.15, -0.1) is 16.9 Å². The number of unbranched alkanes of at least 4 members (excludes halogenated alkanes) is 1. The first-order valence-electron chi connectivity index (χ1n) is 9.14. The number of hydrogen-bond donors (Lipinski definition) is 1. The Bertz CT molecular complexity index is 894. The van der Waals surface area contributed by atoms with Crippen LogP contribution in [0.5, 0.6) is 0 Å². The lowest BCUT2D eigenvalue weighted by atomic mass is 10.1. The lowest BCUT2D eigenvalue weighted by molar-refractivity contribution is -0.113. The van der Waals surface area contributed by atoms with Gasteiger partial charge in [0.1, 0.15) is 0 Å². The zero-order chi connectivity index (χ0) is 19.8. The van der Waals surface area contributed by atoms with E-state index in [4.69, 9.17) is 0 Å². The molecule has 2 aromatic carbocycles. The van der Waals surface area contributed by atoms with Gasteiger partial charge in [0, 0.05) is 10.6 Å². The van der Waals surface area contributed by atoms with E-state index in [2.05, 4.69) is 39.9 Å². The van der Waals surface area contributed by atoms with Crippen molar-refractivity contribution in [2.24, 2.45) is 0 Å². The smallest absolute Gasteiger partial charge is 0.234 e. The first-order valence-corrected chi connectivity index (χ1v) is 11.3. The number of nitrogens with one attached hydrogen (secondary N) is 1. The van der Waals surface area contributed by atoms with Gasteiger partial charge < -0.3 is 5.32 Å². The third-order valence-corrected chi connectivity index (χ3v) is 5.81. The second-order valence-corrected chi connectivity index (χ2v) is 8.03. The number of anilines is 1. The molecule has 0 aliphatic carbocycles. The van der Waals surface area contributed by atoms with E-state index in [1.54, 1.807) is 16.4 Å². The highest BCUT2D eigenvalue weighted by Crippen LogP contribution is 2.20. The quantitative estimate of drug-likeness (QED) is 0.522. The molecule has 3 aromatic rings. The molecule has 3 rings (SSSR count). The van der Waals surface area contributed by atoms with Crippen molar-refractivity contribution in [1.29, 1.82) is 0 Å². The first-order chi connectivity index (χ1) is 13.7. The van der Waals surface area contributed by atoms with Crippen LogP contribution in [-0.4, -0.2) is 38.1 Å². The van der Waals surface area contributed by atoms with Gasteiger partial charge in [-0.05, 0) is 71.5 Å². The Labute approximate surface area is 173 Å². The number of thioether (sulfide) groups is 2. The number of tetrazole rings is 1. The van der Waals surface area contributed by atoms with E-state index in [9.17, 15) is 4.79 Å². The van der Waals surface area contributed by atoms with Crippen LogP contribution in [0.15, 0.2) is 58.6 Å². The number of carbonyl (C=O) groups is 1. The minimum Gasteiger partial charge on any atom is -0.325 e. The summed E-state index contributed by atoms with van der Waals surface area (Å²) in [5, 5.41) is 15.4. The van der Waals surface area contributed by atoms with Crippen molar-refractivity contribution >= 4 is 35.1 Å². The van der Waals surface area contributed by atoms with Gasteiger partial charge in [0.25, 0.3) is 0 Å². The fourth-order valence-corrected chi connectivity index (χ4v) is 3.72. The maximum atomic E-state index is 12.2. The van der Waals surface area contributed by atoms with E-state index in [0.29, 0.717) is 5.16 Å². The van der Waals surface area contributed by atoms with Crippen LogP contribution < -0.4 is 5.32 Å². The summed E-state index contributed by atoms with van der Waals surface area (Å²) in [5.41, 5.74) is 2.98. The maximum Gasteiger partial charge on any atom is 0.234 e. The normalized spacial score (nSPS) is 10.8. The third kappa shape index (κ3) is 5.59. The minimum absolute atomic E-state index is 0.0913. The topological polar surface area (TPSA) is 72.7 Å². The van der Waals surface area contributed by atoms with Crippen molar-refractivity contribution in [2.45, 2.75) is 36.2 Å². The fourth-order valence-electron chi connectivity index (χ4n) is 2.62. The monoisotopic (exact) mass is 413 g/mol. The highest BCUT2D eigenvalue weighted by Gasteiger charge is 2.12. The van der Waals surface area contributed by atoms with Crippen LogP contribution in [0.2, 0.25) is 0 Å². The van der Waals surface area contributed by atoms with Crippen molar-refractivity contribution in [2.75, 3.05) is 17.3 Å². The molecule has 1 heterocycles.